The van der Waals surface area contributed by atoms with Crippen molar-refractivity contribution in [3.8, 4) is 28.5 Å². The summed E-state index contributed by atoms with van der Waals surface area (Å²) in [5.41, 5.74) is 3.71. The first-order chi connectivity index (χ1) is 16.0. The first-order valence-electron chi connectivity index (χ1n) is 11.1. The third-order valence-corrected chi connectivity index (χ3v) is 6.96. The van der Waals surface area contributed by atoms with E-state index in [1.165, 1.54) is 20.6 Å². The van der Waals surface area contributed by atoms with Crippen LogP contribution in [-0.2, 0) is 0 Å². The van der Waals surface area contributed by atoms with Gasteiger partial charge in [-0.1, -0.05) is 43.0 Å². The molecule has 1 aliphatic carbocycles. The molecule has 33 heavy (non-hydrogen) atoms. The van der Waals surface area contributed by atoms with Crippen LogP contribution in [0.4, 0.5) is 0 Å². The predicted octanol–water partition coefficient (Wildman–Crippen LogP) is 5.33. The maximum atomic E-state index is 13.7. The Hall–Kier alpha value is -3.19. The summed E-state index contributed by atoms with van der Waals surface area (Å²) in [6.45, 7) is 0. The number of methoxy groups -OCH3 is 2. The van der Waals surface area contributed by atoms with Crippen LogP contribution in [0.2, 0.25) is 5.02 Å². The van der Waals surface area contributed by atoms with E-state index >= 15 is 0 Å². The number of nitrogens with one attached hydrogen (secondary N) is 1. The molecular formula is C25H26ClN3O4. The lowest BCUT2D eigenvalue weighted by molar-refractivity contribution is 0.0605. The molecule has 0 spiro atoms. The molecule has 0 bridgehead atoms. The van der Waals surface area contributed by atoms with Gasteiger partial charge in [0.05, 0.1) is 26.0 Å². The molecule has 2 aliphatic rings. The summed E-state index contributed by atoms with van der Waals surface area (Å²) in [5, 5.41) is 18.6. The summed E-state index contributed by atoms with van der Waals surface area (Å²) >= 11 is 6.10. The molecule has 1 saturated carbocycles. The Labute approximate surface area is 197 Å². The van der Waals surface area contributed by atoms with E-state index in [-0.39, 0.29) is 23.7 Å². The predicted molar refractivity (Wildman–Crippen MR) is 125 cm³/mol. The van der Waals surface area contributed by atoms with E-state index in [0.717, 1.165) is 42.4 Å². The first-order valence-corrected chi connectivity index (χ1v) is 11.5. The fourth-order valence-corrected chi connectivity index (χ4v) is 5.25. The van der Waals surface area contributed by atoms with Crippen LogP contribution in [0.5, 0.6) is 17.2 Å². The number of benzene rings is 2. The molecule has 0 saturated heterocycles. The van der Waals surface area contributed by atoms with Crippen molar-refractivity contribution in [2.24, 2.45) is 0 Å². The number of aromatic nitrogens is 2. The van der Waals surface area contributed by atoms with E-state index in [0.29, 0.717) is 27.9 Å². The van der Waals surface area contributed by atoms with Gasteiger partial charge in [-0.3, -0.25) is 9.89 Å². The minimum absolute atomic E-state index is 0.0550. The van der Waals surface area contributed by atoms with E-state index in [9.17, 15) is 9.90 Å². The monoisotopic (exact) mass is 467 g/mol. The second-order valence-electron chi connectivity index (χ2n) is 8.55. The Morgan fingerprint density at radius 2 is 1.70 bits per heavy atom. The summed E-state index contributed by atoms with van der Waals surface area (Å²) in [6.07, 6.45) is 5.30. The van der Waals surface area contributed by atoms with E-state index in [2.05, 4.69) is 10.2 Å². The summed E-state index contributed by atoms with van der Waals surface area (Å²) < 4.78 is 10.8. The van der Waals surface area contributed by atoms with Crippen molar-refractivity contribution in [3.05, 3.63) is 58.2 Å². The van der Waals surface area contributed by atoms with Crippen LogP contribution in [-0.4, -0.2) is 46.4 Å². The summed E-state index contributed by atoms with van der Waals surface area (Å²) in [7, 11) is 3.00. The molecule has 3 aromatic rings. The lowest BCUT2D eigenvalue weighted by Gasteiger charge is -2.36. The van der Waals surface area contributed by atoms with Gasteiger partial charge in [0.25, 0.3) is 5.91 Å². The molecule has 1 fully saturated rings. The summed E-state index contributed by atoms with van der Waals surface area (Å²) in [6, 6.07) is 10.7. The molecular weight excluding hydrogens is 442 g/mol. The van der Waals surface area contributed by atoms with Gasteiger partial charge in [-0.2, -0.15) is 5.10 Å². The topological polar surface area (TPSA) is 87.7 Å². The zero-order valence-electron chi connectivity index (χ0n) is 18.6. The van der Waals surface area contributed by atoms with Crippen LogP contribution in [0.1, 0.15) is 59.8 Å². The molecule has 1 aromatic heterocycles. The zero-order valence-corrected chi connectivity index (χ0v) is 19.4. The van der Waals surface area contributed by atoms with Crippen LogP contribution in [0.3, 0.4) is 0 Å². The number of halogens is 1. The number of hydrogen-bond acceptors (Lipinski definition) is 5. The van der Waals surface area contributed by atoms with E-state index in [1.54, 1.807) is 12.1 Å². The second kappa shape index (κ2) is 8.63. The number of hydrogen-bond donors (Lipinski definition) is 2. The highest BCUT2D eigenvalue weighted by Gasteiger charge is 2.45. The van der Waals surface area contributed by atoms with Crippen molar-refractivity contribution >= 4 is 17.5 Å². The smallest absolute Gasteiger partial charge is 0.273 e. The van der Waals surface area contributed by atoms with Crippen molar-refractivity contribution in [3.63, 3.8) is 0 Å². The maximum Gasteiger partial charge on any atom is 0.273 e. The minimum atomic E-state index is -0.386. The van der Waals surface area contributed by atoms with Crippen LogP contribution in [0, 0.1) is 0 Å². The molecule has 8 heteroatoms. The quantitative estimate of drug-likeness (QED) is 0.529. The second-order valence-corrected chi connectivity index (χ2v) is 8.99. The molecule has 2 heterocycles. The van der Waals surface area contributed by atoms with Crippen LogP contribution < -0.4 is 9.47 Å². The number of aromatic hydroxyl groups is 1. The number of H-pyrrole nitrogens is 1. The normalized spacial score (nSPS) is 18.5. The van der Waals surface area contributed by atoms with Gasteiger partial charge in [-0.15, -0.1) is 0 Å². The van der Waals surface area contributed by atoms with Crippen molar-refractivity contribution in [1.29, 1.82) is 0 Å². The van der Waals surface area contributed by atoms with Gasteiger partial charge < -0.3 is 19.5 Å². The van der Waals surface area contributed by atoms with E-state index in [4.69, 9.17) is 21.1 Å². The Morgan fingerprint density at radius 1 is 1.06 bits per heavy atom. The maximum absolute atomic E-state index is 13.7. The fraction of sp³-hybridized carbons (Fsp3) is 0.360. The molecule has 7 nitrogen and oxygen atoms in total. The van der Waals surface area contributed by atoms with Crippen molar-refractivity contribution < 1.29 is 19.4 Å². The Kier molecular flexibility index (Phi) is 5.66. The Balaban J connectivity index is 1.70. The van der Waals surface area contributed by atoms with Crippen molar-refractivity contribution in [2.45, 2.75) is 44.2 Å². The van der Waals surface area contributed by atoms with Crippen molar-refractivity contribution in [2.75, 3.05) is 14.2 Å². The molecule has 2 N–H and O–H groups in total. The number of aromatic amines is 1. The molecule has 1 atom stereocenters. The summed E-state index contributed by atoms with van der Waals surface area (Å²) in [5.74, 6) is 0.471. The van der Waals surface area contributed by atoms with Gasteiger partial charge in [-0.25, -0.2) is 0 Å². The summed E-state index contributed by atoms with van der Waals surface area (Å²) in [4.78, 5) is 15.7. The number of phenols is 1. The lowest BCUT2D eigenvalue weighted by Crippen LogP contribution is -2.40. The molecule has 1 unspecified atom stereocenters. The van der Waals surface area contributed by atoms with Crippen LogP contribution >= 0.6 is 11.6 Å². The SMILES string of the molecule is COc1cc(C2c3c(-c4ccc(Cl)cc4)n[nH]c3C(=O)N2C2CCCCC2)cc(OC)c1O. The number of carbonyl (C=O) groups excluding carboxylic acids is 1. The molecule has 0 radical (unpaired) electrons. The Morgan fingerprint density at radius 3 is 2.30 bits per heavy atom. The van der Waals surface area contributed by atoms with Gasteiger partial charge in [0.2, 0.25) is 5.75 Å². The van der Waals surface area contributed by atoms with Crippen LogP contribution in [0.25, 0.3) is 11.3 Å². The van der Waals surface area contributed by atoms with E-state index < -0.39 is 0 Å². The largest absolute Gasteiger partial charge is 0.502 e. The Bertz CT molecular complexity index is 1160. The number of ether oxygens (including phenoxy) is 2. The third kappa shape index (κ3) is 3.60. The highest BCUT2D eigenvalue weighted by atomic mass is 35.5. The van der Waals surface area contributed by atoms with E-state index in [1.807, 2.05) is 29.2 Å². The fourth-order valence-electron chi connectivity index (χ4n) is 5.13. The van der Waals surface area contributed by atoms with Crippen molar-refractivity contribution in [1.82, 2.24) is 15.1 Å². The molecule has 2 aromatic carbocycles. The first kappa shape index (κ1) is 21.6. The third-order valence-electron chi connectivity index (χ3n) is 6.71. The molecule has 1 amide bonds. The van der Waals surface area contributed by atoms with Gasteiger partial charge in [0.1, 0.15) is 5.69 Å². The number of carbonyl (C=O) groups is 1. The van der Waals surface area contributed by atoms with Gasteiger partial charge in [0.15, 0.2) is 11.5 Å². The lowest BCUT2D eigenvalue weighted by atomic mass is 9.90. The minimum Gasteiger partial charge on any atom is -0.502 e. The van der Waals surface area contributed by atoms with Crippen LogP contribution in [0.15, 0.2) is 36.4 Å². The molecule has 1 aliphatic heterocycles. The molecule has 172 valence electrons. The zero-order chi connectivity index (χ0) is 23.1. The number of phenolic OH excluding ortho intramolecular Hbond substituents is 1. The highest BCUT2D eigenvalue weighted by Crippen LogP contribution is 2.49. The number of fused-ring (bicyclic) bond motifs is 1. The molecule has 5 rings (SSSR count). The average Bonchev–Trinajstić information content (AvgIpc) is 3.39. The highest BCUT2D eigenvalue weighted by molar-refractivity contribution is 6.30. The number of amides is 1. The van der Waals surface area contributed by atoms with Gasteiger partial charge in [-0.05, 0) is 42.7 Å². The average molecular weight is 468 g/mol. The number of rotatable bonds is 5. The number of nitrogens with zero attached hydrogens (tertiary/aromatic N) is 2. The van der Waals surface area contributed by atoms with Gasteiger partial charge >= 0.3 is 0 Å². The standard InChI is InChI=1S/C25H26ClN3O4/c1-32-18-12-15(13-19(33-2)24(18)30)23-20-21(14-8-10-16(26)11-9-14)27-28-22(20)25(31)29(23)17-6-4-3-5-7-17/h8-13,17,23,30H,3-7H2,1-2H3,(H,27,28). The van der Waals surface area contributed by atoms with Gasteiger partial charge in [0, 0.05) is 22.2 Å².